The number of hydrogen-bond acceptors (Lipinski definition) is 6. The number of sulfonamides is 1. The number of benzene rings is 2. The minimum Gasteiger partial charge on any atom is -0.497 e. The number of nitrogens with zero attached hydrogens (tertiary/aromatic N) is 1. The van der Waals surface area contributed by atoms with E-state index in [1.165, 1.54) is 28.4 Å². The Hall–Kier alpha value is -2.52. The Labute approximate surface area is 171 Å². The lowest BCUT2D eigenvalue weighted by molar-refractivity contribution is 0.339. The van der Waals surface area contributed by atoms with Gasteiger partial charge in [0, 0.05) is 36.3 Å². The molecule has 0 bridgehead atoms. The fourth-order valence-electron chi connectivity index (χ4n) is 2.79. The Morgan fingerprint density at radius 2 is 1.24 bits per heavy atom. The van der Waals surface area contributed by atoms with E-state index in [-0.39, 0.29) is 13.1 Å². The molecule has 0 saturated carbocycles. The third kappa shape index (κ3) is 5.30. The van der Waals surface area contributed by atoms with Crippen LogP contribution in [0.2, 0.25) is 0 Å². The molecule has 7 nitrogen and oxygen atoms in total. The van der Waals surface area contributed by atoms with Gasteiger partial charge in [-0.3, -0.25) is 0 Å². The number of hydrogen-bond donors (Lipinski definition) is 0. The molecule has 0 fully saturated rings. The van der Waals surface area contributed by atoms with Crippen molar-refractivity contribution in [2.24, 2.45) is 0 Å². The van der Waals surface area contributed by atoms with E-state index in [9.17, 15) is 12.8 Å². The molecule has 1 atom stereocenters. The zero-order valence-electron chi connectivity index (χ0n) is 17.1. The monoisotopic (exact) mass is 427 g/mol. The van der Waals surface area contributed by atoms with Crippen LogP contribution >= 0.6 is 0 Å². The smallest absolute Gasteiger partial charge is 0.246 e. The second kappa shape index (κ2) is 9.80. The standard InChI is InChI=1S/C20H26FNO6S/c1-14(21)29(23,24)22(12-15-6-8-17(25-2)10-19(15)27-4)13-16-7-9-18(26-3)11-20(16)28-5/h6-11,14H,12-13H2,1-5H3. The van der Waals surface area contributed by atoms with Gasteiger partial charge in [-0.2, -0.15) is 4.31 Å². The third-order valence-corrected chi connectivity index (χ3v) is 6.25. The SMILES string of the molecule is COc1ccc(CN(Cc2ccc(OC)cc2OC)S(=O)(=O)C(C)F)c(OC)c1. The lowest BCUT2D eigenvalue weighted by Crippen LogP contribution is -2.35. The van der Waals surface area contributed by atoms with E-state index in [0.717, 1.165) is 11.2 Å². The number of methoxy groups -OCH3 is 4. The van der Waals surface area contributed by atoms with E-state index in [1.807, 2.05) is 0 Å². The van der Waals surface area contributed by atoms with Gasteiger partial charge in [-0.15, -0.1) is 0 Å². The van der Waals surface area contributed by atoms with Crippen LogP contribution in [0.25, 0.3) is 0 Å². The summed E-state index contributed by atoms with van der Waals surface area (Å²) in [5.41, 5.74) is -0.925. The van der Waals surface area contributed by atoms with E-state index < -0.39 is 15.5 Å². The van der Waals surface area contributed by atoms with E-state index >= 15 is 0 Å². The molecule has 0 radical (unpaired) electrons. The van der Waals surface area contributed by atoms with E-state index in [1.54, 1.807) is 36.4 Å². The Kier molecular flexibility index (Phi) is 7.69. The number of rotatable bonds is 10. The predicted molar refractivity (Wildman–Crippen MR) is 108 cm³/mol. The summed E-state index contributed by atoms with van der Waals surface area (Å²) < 4.78 is 61.5. The highest BCUT2D eigenvalue weighted by Gasteiger charge is 2.30. The lowest BCUT2D eigenvalue weighted by atomic mass is 10.1. The molecule has 0 aliphatic rings. The Balaban J connectivity index is 2.45. The van der Waals surface area contributed by atoms with Gasteiger partial charge in [-0.25, -0.2) is 12.8 Å². The highest BCUT2D eigenvalue weighted by Crippen LogP contribution is 2.31. The summed E-state index contributed by atoms with van der Waals surface area (Å²) in [7, 11) is 1.76. The molecule has 0 saturated heterocycles. The maximum Gasteiger partial charge on any atom is 0.246 e. The van der Waals surface area contributed by atoms with Crippen LogP contribution in [0.3, 0.4) is 0 Å². The van der Waals surface area contributed by atoms with E-state index in [0.29, 0.717) is 34.1 Å². The summed E-state index contributed by atoms with van der Waals surface area (Å²) in [5.74, 6) is 2.02. The second-order valence-corrected chi connectivity index (χ2v) is 8.41. The van der Waals surface area contributed by atoms with Gasteiger partial charge in [0.1, 0.15) is 23.0 Å². The minimum atomic E-state index is -4.22. The van der Waals surface area contributed by atoms with Crippen molar-refractivity contribution < 1.29 is 31.8 Å². The summed E-state index contributed by atoms with van der Waals surface area (Å²) in [4.78, 5) is 0. The van der Waals surface area contributed by atoms with Gasteiger partial charge >= 0.3 is 0 Å². The third-order valence-electron chi connectivity index (χ3n) is 4.45. The van der Waals surface area contributed by atoms with Gasteiger partial charge in [0.15, 0.2) is 0 Å². The molecule has 2 rings (SSSR count). The van der Waals surface area contributed by atoms with E-state index in [4.69, 9.17) is 18.9 Å². The molecule has 160 valence electrons. The van der Waals surface area contributed by atoms with Crippen molar-refractivity contribution >= 4 is 10.0 Å². The van der Waals surface area contributed by atoms with Gasteiger partial charge < -0.3 is 18.9 Å². The van der Waals surface area contributed by atoms with Crippen LogP contribution in [0.4, 0.5) is 4.39 Å². The molecule has 0 aliphatic carbocycles. The van der Waals surface area contributed by atoms with Crippen LogP contribution in [-0.4, -0.2) is 46.7 Å². The largest absolute Gasteiger partial charge is 0.497 e. The molecular weight excluding hydrogens is 401 g/mol. The Bertz CT molecular complexity index is 875. The first-order valence-corrected chi connectivity index (χ1v) is 10.3. The van der Waals surface area contributed by atoms with Crippen LogP contribution in [0.15, 0.2) is 36.4 Å². The van der Waals surface area contributed by atoms with Crippen molar-refractivity contribution in [2.75, 3.05) is 28.4 Å². The van der Waals surface area contributed by atoms with Gasteiger partial charge in [0.05, 0.1) is 28.4 Å². The molecule has 0 aromatic heterocycles. The summed E-state index contributed by atoms with van der Waals surface area (Å²) in [6.07, 6.45) is 0. The van der Waals surface area contributed by atoms with Gasteiger partial charge in [-0.05, 0) is 19.1 Å². The maximum atomic E-state index is 14.0. The summed E-state index contributed by atoms with van der Waals surface area (Å²) in [6, 6.07) is 10.0. The molecule has 2 aromatic rings. The van der Waals surface area contributed by atoms with Gasteiger partial charge in [-0.1, -0.05) is 12.1 Å². The predicted octanol–water partition coefficient (Wildman–Crippen LogP) is 3.37. The van der Waals surface area contributed by atoms with Crippen molar-refractivity contribution in [2.45, 2.75) is 25.5 Å². The summed E-state index contributed by atoms with van der Waals surface area (Å²) in [6.45, 7) is 0.830. The van der Waals surface area contributed by atoms with Gasteiger partial charge in [0.25, 0.3) is 0 Å². The van der Waals surface area contributed by atoms with Crippen LogP contribution in [-0.2, 0) is 23.1 Å². The number of ether oxygens (including phenoxy) is 4. The van der Waals surface area contributed by atoms with Crippen molar-refractivity contribution in [1.82, 2.24) is 4.31 Å². The average Bonchev–Trinajstić information content (AvgIpc) is 2.73. The molecule has 0 amide bonds. The van der Waals surface area contributed by atoms with Crippen molar-refractivity contribution in [3.63, 3.8) is 0 Å². The zero-order valence-corrected chi connectivity index (χ0v) is 18.0. The minimum absolute atomic E-state index is 0.0844. The molecule has 29 heavy (non-hydrogen) atoms. The molecule has 0 spiro atoms. The van der Waals surface area contributed by atoms with Crippen molar-refractivity contribution in [3.8, 4) is 23.0 Å². The Morgan fingerprint density at radius 3 is 1.55 bits per heavy atom. The molecule has 0 heterocycles. The first-order chi connectivity index (χ1) is 13.8. The van der Waals surface area contributed by atoms with E-state index in [2.05, 4.69) is 0 Å². The molecule has 1 unspecified atom stereocenters. The van der Waals surface area contributed by atoms with Crippen LogP contribution in [0, 0.1) is 0 Å². The quantitative estimate of drug-likeness (QED) is 0.579. The highest BCUT2D eigenvalue weighted by atomic mass is 32.2. The molecule has 2 aromatic carbocycles. The van der Waals surface area contributed by atoms with Crippen LogP contribution in [0.5, 0.6) is 23.0 Å². The lowest BCUT2D eigenvalue weighted by Gasteiger charge is -2.25. The topological polar surface area (TPSA) is 74.3 Å². The van der Waals surface area contributed by atoms with Crippen LogP contribution < -0.4 is 18.9 Å². The normalized spacial score (nSPS) is 12.5. The van der Waals surface area contributed by atoms with Gasteiger partial charge in [0.2, 0.25) is 15.5 Å². The molecule has 0 aliphatic heterocycles. The molecule has 9 heteroatoms. The zero-order chi connectivity index (χ0) is 21.6. The fraction of sp³-hybridized carbons (Fsp3) is 0.400. The number of halogens is 1. The molecular formula is C20H26FNO6S. The maximum absolute atomic E-state index is 14.0. The summed E-state index contributed by atoms with van der Waals surface area (Å²) in [5, 5.41) is 0. The van der Waals surface area contributed by atoms with Crippen LogP contribution in [0.1, 0.15) is 18.1 Å². The van der Waals surface area contributed by atoms with Crippen molar-refractivity contribution in [3.05, 3.63) is 47.5 Å². The average molecular weight is 427 g/mol. The highest BCUT2D eigenvalue weighted by molar-refractivity contribution is 7.89. The Morgan fingerprint density at radius 1 is 0.828 bits per heavy atom. The second-order valence-electron chi connectivity index (χ2n) is 6.21. The first kappa shape index (κ1) is 22.8. The fourth-order valence-corrected chi connectivity index (χ4v) is 3.84. The van der Waals surface area contributed by atoms with Crippen molar-refractivity contribution in [1.29, 1.82) is 0 Å². The number of alkyl halides is 1. The summed E-state index contributed by atoms with van der Waals surface area (Å²) >= 11 is 0. The first-order valence-electron chi connectivity index (χ1n) is 8.81. The molecule has 0 N–H and O–H groups in total.